The maximum Gasteiger partial charge on any atom is 0.408 e. The lowest BCUT2D eigenvalue weighted by Crippen LogP contribution is -2.58. The number of ether oxygens (including phenoxy) is 2. The number of alkyl carbamates (subject to hydrolysis) is 1. The number of para-hydroxylation sites is 2. The fourth-order valence-electron chi connectivity index (χ4n) is 4.98. The Morgan fingerprint density at radius 1 is 1.06 bits per heavy atom. The molecule has 1 aromatic carbocycles. The van der Waals surface area contributed by atoms with Crippen LogP contribution in [0.1, 0.15) is 60.8 Å². The zero-order chi connectivity index (χ0) is 35.6. The normalized spacial score (nSPS) is 19.3. The Morgan fingerprint density at radius 2 is 1.69 bits per heavy atom. The number of fused-ring (bicyclic) bond motifs is 1. The van der Waals surface area contributed by atoms with Gasteiger partial charge in [-0.25, -0.2) is 27.9 Å². The van der Waals surface area contributed by atoms with E-state index < -0.39 is 79.9 Å². The highest BCUT2D eigenvalue weighted by Gasteiger charge is 2.47. The number of hydrogen-bond donors (Lipinski definition) is 4. The first-order valence-corrected chi connectivity index (χ1v) is 17.0. The zero-order valence-electron chi connectivity index (χ0n) is 27.8. The lowest BCUT2D eigenvalue weighted by Gasteiger charge is -2.35. The van der Waals surface area contributed by atoms with Crippen LogP contribution in [0.3, 0.4) is 0 Å². The van der Waals surface area contributed by atoms with Crippen LogP contribution < -0.4 is 20.1 Å². The molecule has 15 nitrogen and oxygen atoms in total. The Balaban J connectivity index is 1.64. The fourth-order valence-corrected chi connectivity index (χ4v) is 6.27. The predicted molar refractivity (Wildman–Crippen MR) is 175 cm³/mol. The molecule has 4 amide bonds. The van der Waals surface area contributed by atoms with E-state index in [1.54, 1.807) is 65.8 Å². The quantitative estimate of drug-likeness (QED) is 0.211. The lowest BCUT2D eigenvalue weighted by molar-refractivity contribution is -0.142. The number of likely N-dealkylation sites (tertiary alicyclic amines) is 1. The molecular formula is C32H42N6O9S. The van der Waals surface area contributed by atoms with Crippen LogP contribution in [0, 0.1) is 5.41 Å². The van der Waals surface area contributed by atoms with Crippen molar-refractivity contribution in [2.24, 2.45) is 5.41 Å². The van der Waals surface area contributed by atoms with Gasteiger partial charge in [0.15, 0.2) is 0 Å². The van der Waals surface area contributed by atoms with Gasteiger partial charge in [0, 0.05) is 6.42 Å². The molecule has 0 bridgehead atoms. The van der Waals surface area contributed by atoms with E-state index in [-0.39, 0.29) is 18.8 Å². The zero-order valence-corrected chi connectivity index (χ0v) is 28.6. The molecule has 1 saturated carbocycles. The first-order valence-electron chi connectivity index (χ1n) is 15.4. The highest BCUT2D eigenvalue weighted by atomic mass is 32.2. The SMILES string of the molecule is C=C/C=C(/NC(=O)[C@@H]1C[C@@H](Oc2nc3ccccc3nc2O)CN1C(=O)[C@@H](NC(=O)OC(C)(C)C)C(C)(C)C)C(=O)NS(=O)(=O)C1CC1. The van der Waals surface area contributed by atoms with Crippen molar-refractivity contribution in [2.75, 3.05) is 6.54 Å². The van der Waals surface area contributed by atoms with Crippen LogP contribution in [0.25, 0.3) is 11.0 Å². The Morgan fingerprint density at radius 3 is 2.25 bits per heavy atom. The molecule has 16 heteroatoms. The largest absolute Gasteiger partial charge is 0.489 e. The van der Waals surface area contributed by atoms with Crippen molar-refractivity contribution in [1.82, 2.24) is 30.2 Å². The van der Waals surface area contributed by atoms with Crippen LogP contribution in [0.15, 0.2) is 48.7 Å². The number of carbonyl (C=O) groups excluding carboxylic acids is 4. The number of rotatable bonds is 10. The van der Waals surface area contributed by atoms with Gasteiger partial charge in [0.25, 0.3) is 17.7 Å². The summed E-state index contributed by atoms with van der Waals surface area (Å²) in [5, 5.41) is 14.9. The van der Waals surface area contributed by atoms with Crippen LogP contribution in [0.5, 0.6) is 11.8 Å². The summed E-state index contributed by atoms with van der Waals surface area (Å²) in [4.78, 5) is 63.4. The molecule has 0 radical (unpaired) electrons. The summed E-state index contributed by atoms with van der Waals surface area (Å²) in [5.41, 5.74) is -1.26. The number of allylic oxidation sites excluding steroid dienone is 2. The van der Waals surface area contributed by atoms with Crippen molar-refractivity contribution in [2.45, 2.75) is 89.8 Å². The number of aromatic hydroxyl groups is 1. The standard InChI is InChI=1S/C32H42N6O9S/c1-8-11-22(25(39)37-48(44,45)19-14-15-19)34-26(40)23-16-18(46-28-27(41)33-20-12-9-10-13-21(20)35-28)17-38(23)29(42)24(31(2,3)4)36-30(43)47-32(5,6)7/h8-13,18-19,23-24H,1,14-17H2,2-7H3,(H,33,41)(H,34,40)(H,36,43)(H,37,39)/b22-11+/t18-,23+,24-/m1/s1. The third-order valence-electron chi connectivity index (χ3n) is 7.41. The minimum atomic E-state index is -3.94. The van der Waals surface area contributed by atoms with Crippen molar-refractivity contribution in [3.05, 3.63) is 48.7 Å². The molecule has 3 atom stereocenters. The molecule has 4 rings (SSSR count). The number of sulfonamides is 1. The topological polar surface area (TPSA) is 206 Å². The summed E-state index contributed by atoms with van der Waals surface area (Å²) >= 11 is 0. The lowest BCUT2D eigenvalue weighted by atomic mass is 9.85. The first kappa shape index (κ1) is 36.1. The van der Waals surface area contributed by atoms with E-state index >= 15 is 0 Å². The predicted octanol–water partition coefficient (Wildman–Crippen LogP) is 2.42. The second-order valence-corrected chi connectivity index (χ2v) is 15.7. The molecule has 2 aromatic rings. The summed E-state index contributed by atoms with van der Waals surface area (Å²) in [5.74, 6) is -3.27. The minimum Gasteiger partial charge on any atom is -0.489 e. The number of amides is 4. The molecule has 48 heavy (non-hydrogen) atoms. The Labute approximate surface area is 279 Å². The molecule has 260 valence electrons. The summed E-state index contributed by atoms with van der Waals surface area (Å²) < 4.78 is 38.2. The van der Waals surface area contributed by atoms with E-state index in [9.17, 15) is 32.7 Å². The van der Waals surface area contributed by atoms with E-state index in [0.717, 1.165) is 6.08 Å². The Bertz CT molecular complexity index is 1740. The molecule has 0 spiro atoms. The number of aromatic nitrogens is 2. The number of nitrogens with one attached hydrogen (secondary N) is 3. The first-order chi connectivity index (χ1) is 22.3. The Hall–Kier alpha value is -4.73. The highest BCUT2D eigenvalue weighted by Crippen LogP contribution is 2.31. The molecule has 2 fully saturated rings. The molecular weight excluding hydrogens is 644 g/mol. The fraction of sp³-hybridized carbons (Fsp3) is 0.500. The minimum absolute atomic E-state index is 0.127. The average molecular weight is 687 g/mol. The van der Waals surface area contributed by atoms with Gasteiger partial charge in [-0.15, -0.1) is 0 Å². The van der Waals surface area contributed by atoms with E-state index in [1.807, 2.05) is 4.72 Å². The molecule has 0 unspecified atom stereocenters. The molecule has 1 aliphatic carbocycles. The van der Waals surface area contributed by atoms with Crippen LogP contribution in [0.2, 0.25) is 0 Å². The number of nitrogens with zero attached hydrogens (tertiary/aromatic N) is 3. The monoisotopic (exact) mass is 686 g/mol. The third kappa shape index (κ3) is 8.99. The van der Waals surface area contributed by atoms with Crippen molar-refractivity contribution in [3.63, 3.8) is 0 Å². The second kappa shape index (κ2) is 13.8. The summed E-state index contributed by atoms with van der Waals surface area (Å²) in [7, 11) is -3.94. The average Bonchev–Trinajstić information content (AvgIpc) is 3.75. The van der Waals surface area contributed by atoms with Gasteiger partial charge in [-0.2, -0.15) is 0 Å². The van der Waals surface area contributed by atoms with Gasteiger partial charge in [0.2, 0.25) is 21.8 Å². The molecule has 2 aliphatic rings. The Kier molecular flexibility index (Phi) is 10.4. The van der Waals surface area contributed by atoms with Crippen LogP contribution >= 0.6 is 0 Å². The van der Waals surface area contributed by atoms with Crippen LogP contribution in [0.4, 0.5) is 4.79 Å². The third-order valence-corrected chi connectivity index (χ3v) is 9.23. The van der Waals surface area contributed by atoms with Crippen LogP contribution in [-0.4, -0.2) is 87.8 Å². The van der Waals surface area contributed by atoms with Crippen molar-refractivity contribution in [1.29, 1.82) is 0 Å². The maximum atomic E-state index is 14.2. The van der Waals surface area contributed by atoms with Gasteiger partial charge in [0.1, 0.15) is 29.5 Å². The van der Waals surface area contributed by atoms with Gasteiger partial charge in [-0.3, -0.25) is 14.4 Å². The summed E-state index contributed by atoms with van der Waals surface area (Å²) in [6, 6.07) is 4.35. The van der Waals surface area contributed by atoms with Gasteiger partial charge < -0.3 is 30.1 Å². The summed E-state index contributed by atoms with van der Waals surface area (Å²) in [6.45, 7) is 13.6. The molecule has 1 aromatic heterocycles. The van der Waals surface area contributed by atoms with E-state index in [0.29, 0.717) is 23.9 Å². The second-order valence-electron chi connectivity index (χ2n) is 13.7. The number of carbonyl (C=O) groups is 4. The molecule has 2 heterocycles. The van der Waals surface area contributed by atoms with Crippen molar-refractivity contribution >= 4 is 44.9 Å². The maximum absolute atomic E-state index is 14.2. The van der Waals surface area contributed by atoms with Gasteiger partial charge in [0.05, 0.1) is 22.8 Å². The summed E-state index contributed by atoms with van der Waals surface area (Å²) in [6.07, 6.45) is 1.30. The van der Waals surface area contributed by atoms with E-state index in [1.165, 1.54) is 11.0 Å². The van der Waals surface area contributed by atoms with Crippen LogP contribution in [-0.2, 0) is 29.1 Å². The van der Waals surface area contributed by atoms with Gasteiger partial charge >= 0.3 is 6.09 Å². The van der Waals surface area contributed by atoms with E-state index in [2.05, 4.69) is 27.2 Å². The smallest absolute Gasteiger partial charge is 0.408 e. The van der Waals surface area contributed by atoms with E-state index in [4.69, 9.17) is 9.47 Å². The molecule has 4 N–H and O–H groups in total. The van der Waals surface area contributed by atoms with Crippen molar-refractivity contribution < 1.29 is 42.2 Å². The number of hydrogen-bond acceptors (Lipinski definition) is 11. The highest BCUT2D eigenvalue weighted by molar-refractivity contribution is 7.91. The van der Waals surface area contributed by atoms with Gasteiger partial charge in [-0.1, -0.05) is 45.6 Å². The van der Waals surface area contributed by atoms with Gasteiger partial charge in [-0.05, 0) is 57.2 Å². The molecule has 1 aliphatic heterocycles. The molecule has 1 saturated heterocycles. The van der Waals surface area contributed by atoms with Crippen molar-refractivity contribution in [3.8, 4) is 11.8 Å². The number of benzene rings is 1.